The number of carbonyl (C=O) groups excluding carboxylic acids is 2. The Morgan fingerprint density at radius 2 is 1.68 bits per heavy atom. The fourth-order valence-electron chi connectivity index (χ4n) is 3.14. The summed E-state index contributed by atoms with van der Waals surface area (Å²) in [6, 6.07) is 6.56. The van der Waals surface area contributed by atoms with Crippen molar-refractivity contribution in [2.45, 2.75) is 44.6 Å². The Bertz CT molecular complexity index is 907. The second-order valence-electron chi connectivity index (χ2n) is 7.80. The summed E-state index contributed by atoms with van der Waals surface area (Å²) in [4.78, 5) is 25.0. The SMILES string of the molecule is CC(C)(OC=O)Oc1cc(C#N)cc(CN2CCN(C(=O)OC(C(F)(F)F)C(F)(F)F)CC2)c1. The number of alkyl halides is 6. The lowest BCUT2D eigenvalue weighted by molar-refractivity contribution is -0.308. The predicted molar refractivity (Wildman–Crippen MR) is 102 cm³/mol. The van der Waals surface area contributed by atoms with Crippen molar-refractivity contribution in [2.24, 2.45) is 0 Å². The molecule has 1 fully saturated rings. The van der Waals surface area contributed by atoms with Gasteiger partial charge in [-0.1, -0.05) is 0 Å². The van der Waals surface area contributed by atoms with E-state index in [1.165, 1.54) is 19.9 Å². The zero-order valence-electron chi connectivity index (χ0n) is 18.1. The predicted octanol–water partition coefficient (Wildman–Crippen LogP) is 3.59. The number of piperazine rings is 1. The van der Waals surface area contributed by atoms with Crippen LogP contribution in [0.2, 0.25) is 0 Å². The number of hydrogen-bond acceptors (Lipinski definition) is 7. The summed E-state index contributed by atoms with van der Waals surface area (Å²) in [6.07, 6.45) is -17.5. The van der Waals surface area contributed by atoms with Gasteiger partial charge in [-0.2, -0.15) is 31.6 Å². The number of benzene rings is 1. The third-order valence-electron chi connectivity index (χ3n) is 4.64. The van der Waals surface area contributed by atoms with Gasteiger partial charge in [-0.3, -0.25) is 9.69 Å². The minimum Gasteiger partial charge on any atom is -0.453 e. The highest BCUT2D eigenvalue weighted by molar-refractivity contribution is 5.68. The number of carbonyl (C=O) groups is 2. The highest BCUT2D eigenvalue weighted by atomic mass is 19.4. The van der Waals surface area contributed by atoms with Crippen molar-refractivity contribution in [3.05, 3.63) is 29.3 Å². The molecule has 0 saturated carbocycles. The van der Waals surface area contributed by atoms with Crippen LogP contribution in [0.3, 0.4) is 0 Å². The van der Waals surface area contributed by atoms with E-state index in [2.05, 4.69) is 4.74 Å². The van der Waals surface area contributed by atoms with Crippen molar-refractivity contribution in [3.63, 3.8) is 0 Å². The molecular weight excluding hydrogens is 476 g/mol. The maximum absolute atomic E-state index is 12.6. The molecule has 14 heteroatoms. The molecule has 1 saturated heterocycles. The maximum atomic E-state index is 12.6. The molecule has 188 valence electrons. The van der Waals surface area contributed by atoms with Crippen LogP contribution in [-0.2, 0) is 20.8 Å². The van der Waals surface area contributed by atoms with Gasteiger partial charge in [-0.05, 0) is 23.8 Å². The van der Waals surface area contributed by atoms with E-state index >= 15 is 0 Å². The first-order chi connectivity index (χ1) is 15.6. The molecule has 1 heterocycles. The topological polar surface area (TPSA) is 92.1 Å². The van der Waals surface area contributed by atoms with E-state index in [4.69, 9.17) is 9.47 Å². The van der Waals surface area contributed by atoms with Crippen molar-refractivity contribution in [3.8, 4) is 11.8 Å². The number of nitriles is 1. The van der Waals surface area contributed by atoms with E-state index in [9.17, 15) is 41.2 Å². The van der Waals surface area contributed by atoms with Crippen molar-refractivity contribution in [1.82, 2.24) is 9.80 Å². The Labute approximate surface area is 190 Å². The summed E-state index contributed by atoms with van der Waals surface area (Å²) < 4.78 is 89.7. The monoisotopic (exact) mass is 497 g/mol. The van der Waals surface area contributed by atoms with Crippen molar-refractivity contribution < 1.29 is 50.1 Å². The summed E-state index contributed by atoms with van der Waals surface area (Å²) in [5, 5.41) is 9.25. The largest absolute Gasteiger partial charge is 0.453 e. The highest BCUT2D eigenvalue weighted by Gasteiger charge is 2.60. The smallest absolute Gasteiger partial charge is 0.434 e. The van der Waals surface area contributed by atoms with Gasteiger partial charge in [-0.15, -0.1) is 0 Å². The third-order valence-corrected chi connectivity index (χ3v) is 4.64. The molecule has 2 rings (SSSR count). The Kier molecular flexibility index (Phi) is 8.25. The van der Waals surface area contributed by atoms with Gasteiger partial charge in [-0.25, -0.2) is 4.79 Å². The van der Waals surface area contributed by atoms with Gasteiger partial charge in [0, 0.05) is 46.6 Å². The van der Waals surface area contributed by atoms with Gasteiger partial charge >= 0.3 is 18.4 Å². The van der Waals surface area contributed by atoms with Crippen molar-refractivity contribution in [2.75, 3.05) is 26.2 Å². The summed E-state index contributed by atoms with van der Waals surface area (Å²) in [6.45, 7) is 3.37. The summed E-state index contributed by atoms with van der Waals surface area (Å²) in [5.41, 5.74) is 0.864. The first-order valence-corrected chi connectivity index (χ1v) is 9.80. The van der Waals surface area contributed by atoms with E-state index in [0.29, 0.717) is 5.56 Å². The van der Waals surface area contributed by atoms with Gasteiger partial charge in [0.2, 0.25) is 5.79 Å². The van der Waals surface area contributed by atoms with Crippen LogP contribution in [-0.4, -0.2) is 72.8 Å². The summed E-state index contributed by atoms with van der Waals surface area (Å²) in [7, 11) is 0. The van der Waals surface area contributed by atoms with E-state index in [-0.39, 0.29) is 50.5 Å². The molecule has 1 aromatic rings. The van der Waals surface area contributed by atoms with E-state index in [1.807, 2.05) is 6.07 Å². The first-order valence-electron chi connectivity index (χ1n) is 9.80. The van der Waals surface area contributed by atoms with Crippen LogP contribution < -0.4 is 4.74 Å². The second-order valence-corrected chi connectivity index (χ2v) is 7.80. The first kappa shape index (κ1) is 27.0. The summed E-state index contributed by atoms with van der Waals surface area (Å²) >= 11 is 0. The van der Waals surface area contributed by atoms with Crippen LogP contribution in [0.15, 0.2) is 18.2 Å². The Balaban J connectivity index is 2.01. The van der Waals surface area contributed by atoms with Gasteiger partial charge in [0.15, 0.2) is 0 Å². The molecule has 34 heavy (non-hydrogen) atoms. The van der Waals surface area contributed by atoms with E-state index in [1.54, 1.807) is 17.0 Å². The second kappa shape index (κ2) is 10.4. The zero-order valence-corrected chi connectivity index (χ0v) is 18.1. The van der Waals surface area contributed by atoms with E-state index < -0.39 is 30.3 Å². The maximum Gasteiger partial charge on any atom is 0.434 e. The summed E-state index contributed by atoms with van der Waals surface area (Å²) in [5.74, 6) is -1.06. The van der Waals surface area contributed by atoms with Crippen LogP contribution in [0.5, 0.6) is 5.75 Å². The highest BCUT2D eigenvalue weighted by Crippen LogP contribution is 2.36. The average molecular weight is 497 g/mol. The lowest BCUT2D eigenvalue weighted by Gasteiger charge is -2.35. The molecule has 0 aromatic heterocycles. The van der Waals surface area contributed by atoms with Gasteiger partial charge in [0.1, 0.15) is 5.75 Å². The molecule has 8 nitrogen and oxygen atoms in total. The van der Waals surface area contributed by atoms with Crippen molar-refractivity contribution in [1.29, 1.82) is 5.26 Å². The van der Waals surface area contributed by atoms with Gasteiger partial charge < -0.3 is 19.1 Å². The molecule has 0 aliphatic carbocycles. The Morgan fingerprint density at radius 3 is 2.18 bits per heavy atom. The van der Waals surface area contributed by atoms with Crippen LogP contribution in [0.4, 0.5) is 31.1 Å². The standard InChI is InChI=1S/C20H21F6N3O5/c1-18(2,32-12-30)34-15-8-13(10-27)7-14(9-15)11-28-3-5-29(6-4-28)17(31)33-16(19(21,22)23)20(24,25)26/h7-9,12,16H,3-6,11H2,1-2H3. The number of amides is 1. The average Bonchev–Trinajstić information content (AvgIpc) is 2.70. The molecule has 0 spiro atoms. The number of rotatable bonds is 7. The zero-order chi connectivity index (χ0) is 25.7. The van der Waals surface area contributed by atoms with Gasteiger partial charge in [0.05, 0.1) is 11.6 Å². The van der Waals surface area contributed by atoms with E-state index in [0.717, 1.165) is 4.90 Å². The molecule has 1 amide bonds. The van der Waals surface area contributed by atoms with Crippen molar-refractivity contribution >= 4 is 12.6 Å². The molecule has 0 unspecified atom stereocenters. The fraction of sp³-hybridized carbons (Fsp3) is 0.550. The minimum atomic E-state index is -5.79. The Morgan fingerprint density at radius 1 is 1.09 bits per heavy atom. The molecule has 0 N–H and O–H groups in total. The molecule has 1 aromatic carbocycles. The number of ether oxygens (including phenoxy) is 3. The molecule has 0 radical (unpaired) electrons. The quantitative estimate of drug-likeness (QED) is 0.323. The molecule has 0 atom stereocenters. The van der Waals surface area contributed by atoms with Gasteiger partial charge in [0.25, 0.3) is 12.6 Å². The minimum absolute atomic E-state index is 0.129. The Hall–Kier alpha value is -3.21. The number of hydrogen-bond donors (Lipinski definition) is 0. The van der Waals surface area contributed by atoms with Crippen LogP contribution in [0, 0.1) is 11.3 Å². The fourth-order valence-corrected chi connectivity index (χ4v) is 3.14. The van der Waals surface area contributed by atoms with Crippen LogP contribution >= 0.6 is 0 Å². The molecule has 0 bridgehead atoms. The van der Waals surface area contributed by atoms with Crippen LogP contribution in [0.25, 0.3) is 0 Å². The number of nitrogens with zero attached hydrogens (tertiary/aromatic N) is 3. The normalized spacial score (nSPS) is 15.6. The number of halogens is 6. The lowest BCUT2D eigenvalue weighted by atomic mass is 10.1. The molecule has 1 aliphatic rings. The third kappa shape index (κ3) is 7.68. The molecular formula is C20H21F6N3O5. The van der Waals surface area contributed by atoms with Crippen LogP contribution in [0.1, 0.15) is 25.0 Å². The lowest BCUT2D eigenvalue weighted by Crippen LogP contribution is -2.52. The molecule has 1 aliphatic heterocycles.